The maximum Gasteiger partial charge on any atom is 0.268 e. The van der Waals surface area contributed by atoms with Crippen LogP contribution in [0.4, 0.5) is 0 Å². The van der Waals surface area contributed by atoms with Crippen molar-refractivity contribution in [3.63, 3.8) is 0 Å². The molecule has 0 bridgehead atoms. The number of hydrogen-bond acceptors (Lipinski definition) is 3. The molecular formula is C15H21N3O. The third-order valence-electron chi connectivity index (χ3n) is 3.68. The van der Waals surface area contributed by atoms with Crippen LogP contribution in [-0.2, 0) is 5.41 Å². The Morgan fingerprint density at radius 1 is 1.32 bits per heavy atom. The quantitative estimate of drug-likeness (QED) is 0.838. The van der Waals surface area contributed by atoms with Crippen LogP contribution in [-0.4, -0.2) is 17.7 Å². The van der Waals surface area contributed by atoms with Gasteiger partial charge in [-0.05, 0) is 38.1 Å². The molecule has 0 aliphatic carbocycles. The Morgan fingerprint density at radius 2 is 1.95 bits per heavy atom. The lowest BCUT2D eigenvalue weighted by atomic mass is 9.89. The summed E-state index contributed by atoms with van der Waals surface area (Å²) < 4.78 is 1.86. The Kier molecular flexibility index (Phi) is 3.77. The summed E-state index contributed by atoms with van der Waals surface area (Å²) in [5.74, 6) is 0. The lowest BCUT2D eigenvalue weighted by Gasteiger charge is -2.32. The molecule has 1 aliphatic heterocycles. The summed E-state index contributed by atoms with van der Waals surface area (Å²) in [7, 11) is 0. The van der Waals surface area contributed by atoms with Gasteiger partial charge in [0.2, 0.25) is 0 Å². The van der Waals surface area contributed by atoms with Gasteiger partial charge in [0, 0.05) is 17.2 Å². The zero-order valence-corrected chi connectivity index (χ0v) is 11.9. The molecule has 0 atom stereocenters. The molecule has 102 valence electrons. The first-order valence-corrected chi connectivity index (χ1v) is 6.82. The molecule has 19 heavy (non-hydrogen) atoms. The average Bonchev–Trinajstić information content (AvgIpc) is 2.38. The molecular weight excluding hydrogens is 238 g/mol. The lowest BCUT2D eigenvalue weighted by molar-refractivity contribution is 0.337. The van der Waals surface area contributed by atoms with Crippen molar-refractivity contribution in [3.05, 3.63) is 33.7 Å². The Hall–Kier alpha value is -1.60. The van der Waals surface area contributed by atoms with Gasteiger partial charge in [0.05, 0.1) is 0 Å². The van der Waals surface area contributed by atoms with Crippen LogP contribution in [0.15, 0.2) is 16.9 Å². The van der Waals surface area contributed by atoms with Crippen molar-refractivity contribution in [2.45, 2.75) is 45.1 Å². The van der Waals surface area contributed by atoms with Crippen LogP contribution in [0, 0.1) is 11.3 Å². The van der Waals surface area contributed by atoms with Gasteiger partial charge < -0.3 is 9.88 Å². The molecule has 1 fully saturated rings. The molecule has 4 nitrogen and oxygen atoms in total. The zero-order chi connectivity index (χ0) is 14.0. The minimum Gasteiger partial charge on any atom is -0.317 e. The predicted octanol–water partition coefficient (Wildman–Crippen LogP) is 1.94. The lowest BCUT2D eigenvalue weighted by Crippen LogP contribution is -2.38. The van der Waals surface area contributed by atoms with E-state index in [4.69, 9.17) is 5.26 Å². The van der Waals surface area contributed by atoms with Crippen molar-refractivity contribution >= 4 is 0 Å². The van der Waals surface area contributed by atoms with Crippen LogP contribution in [0.1, 0.15) is 50.9 Å². The van der Waals surface area contributed by atoms with E-state index in [2.05, 4.69) is 26.1 Å². The molecule has 4 heteroatoms. The largest absolute Gasteiger partial charge is 0.317 e. The number of nitrogens with one attached hydrogen (secondary N) is 1. The Morgan fingerprint density at radius 3 is 2.47 bits per heavy atom. The second-order valence-electron chi connectivity index (χ2n) is 6.15. The second-order valence-corrected chi connectivity index (χ2v) is 6.15. The first-order valence-electron chi connectivity index (χ1n) is 6.82. The molecule has 0 spiro atoms. The molecule has 1 aromatic rings. The standard InChI is InChI=1S/C15H21N3O/c1-15(2,3)13-5-4-11(10-16)14(19)18(13)12-6-8-17-9-7-12/h4-5,12,17H,6-9H2,1-3H3. The summed E-state index contributed by atoms with van der Waals surface area (Å²) in [5.41, 5.74) is 1.02. The van der Waals surface area contributed by atoms with Crippen molar-refractivity contribution < 1.29 is 0 Å². The van der Waals surface area contributed by atoms with E-state index < -0.39 is 0 Å². The van der Waals surface area contributed by atoms with Gasteiger partial charge in [0.15, 0.2) is 0 Å². The molecule has 1 aliphatic rings. The summed E-state index contributed by atoms with van der Waals surface area (Å²) in [6.45, 7) is 8.16. The molecule has 1 N–H and O–H groups in total. The monoisotopic (exact) mass is 259 g/mol. The third-order valence-corrected chi connectivity index (χ3v) is 3.68. The SMILES string of the molecule is CC(C)(C)c1ccc(C#N)c(=O)n1C1CCNCC1. The van der Waals surface area contributed by atoms with Crippen LogP contribution in [0.5, 0.6) is 0 Å². The van der Waals surface area contributed by atoms with Gasteiger partial charge in [0.25, 0.3) is 5.56 Å². The average molecular weight is 259 g/mol. The van der Waals surface area contributed by atoms with Crippen LogP contribution in [0.25, 0.3) is 0 Å². The fraction of sp³-hybridized carbons (Fsp3) is 0.600. The molecule has 2 heterocycles. The van der Waals surface area contributed by atoms with E-state index in [9.17, 15) is 4.79 Å². The highest BCUT2D eigenvalue weighted by Gasteiger charge is 2.25. The number of hydrogen-bond donors (Lipinski definition) is 1. The molecule has 1 aromatic heterocycles. The highest BCUT2D eigenvalue weighted by Crippen LogP contribution is 2.27. The summed E-state index contributed by atoms with van der Waals surface area (Å²) in [5, 5.41) is 12.4. The first-order chi connectivity index (χ1) is 8.95. The number of nitriles is 1. The van der Waals surface area contributed by atoms with E-state index >= 15 is 0 Å². The molecule has 0 aromatic carbocycles. The smallest absolute Gasteiger partial charge is 0.268 e. The topological polar surface area (TPSA) is 57.8 Å². The van der Waals surface area contributed by atoms with Gasteiger partial charge in [-0.3, -0.25) is 4.79 Å². The maximum absolute atomic E-state index is 12.5. The Labute approximate surface area is 114 Å². The summed E-state index contributed by atoms with van der Waals surface area (Å²) in [6.07, 6.45) is 1.88. The Bertz CT molecular complexity index is 554. The predicted molar refractivity (Wildman–Crippen MR) is 75.3 cm³/mol. The summed E-state index contributed by atoms with van der Waals surface area (Å²) in [6, 6.07) is 5.80. The molecule has 0 radical (unpaired) electrons. The number of piperidine rings is 1. The van der Waals surface area contributed by atoms with Gasteiger partial charge in [0.1, 0.15) is 11.6 Å². The van der Waals surface area contributed by atoms with E-state index in [0.29, 0.717) is 0 Å². The second kappa shape index (κ2) is 5.18. The van der Waals surface area contributed by atoms with Gasteiger partial charge >= 0.3 is 0 Å². The molecule has 0 amide bonds. The number of aromatic nitrogens is 1. The van der Waals surface area contributed by atoms with E-state index in [0.717, 1.165) is 31.6 Å². The molecule has 0 unspecified atom stereocenters. The van der Waals surface area contributed by atoms with E-state index in [1.807, 2.05) is 16.7 Å². The number of nitrogens with zero attached hydrogens (tertiary/aromatic N) is 2. The highest BCUT2D eigenvalue weighted by atomic mass is 16.1. The third kappa shape index (κ3) is 2.71. The summed E-state index contributed by atoms with van der Waals surface area (Å²) >= 11 is 0. The molecule has 2 rings (SSSR count). The van der Waals surface area contributed by atoms with E-state index in [1.54, 1.807) is 6.07 Å². The molecule has 1 saturated heterocycles. The van der Waals surface area contributed by atoms with Gasteiger partial charge in [-0.2, -0.15) is 5.26 Å². The van der Waals surface area contributed by atoms with Crippen LogP contribution in [0.3, 0.4) is 0 Å². The van der Waals surface area contributed by atoms with Crippen molar-refractivity contribution in [2.24, 2.45) is 0 Å². The Balaban J connectivity index is 2.60. The van der Waals surface area contributed by atoms with Crippen molar-refractivity contribution in [2.75, 3.05) is 13.1 Å². The fourth-order valence-corrected chi connectivity index (χ4v) is 2.68. The summed E-state index contributed by atoms with van der Waals surface area (Å²) in [4.78, 5) is 12.5. The van der Waals surface area contributed by atoms with Crippen LogP contribution >= 0.6 is 0 Å². The number of rotatable bonds is 1. The minimum atomic E-state index is -0.137. The van der Waals surface area contributed by atoms with Crippen molar-refractivity contribution in [3.8, 4) is 6.07 Å². The van der Waals surface area contributed by atoms with Crippen molar-refractivity contribution in [1.82, 2.24) is 9.88 Å². The van der Waals surface area contributed by atoms with Gasteiger partial charge in [-0.15, -0.1) is 0 Å². The van der Waals surface area contributed by atoms with Gasteiger partial charge in [-0.1, -0.05) is 20.8 Å². The zero-order valence-electron chi connectivity index (χ0n) is 11.9. The van der Waals surface area contributed by atoms with Crippen LogP contribution in [0.2, 0.25) is 0 Å². The van der Waals surface area contributed by atoms with E-state index in [-0.39, 0.29) is 22.6 Å². The van der Waals surface area contributed by atoms with Crippen molar-refractivity contribution in [1.29, 1.82) is 5.26 Å². The first kappa shape index (κ1) is 13.8. The molecule has 0 saturated carbocycles. The van der Waals surface area contributed by atoms with E-state index in [1.165, 1.54) is 0 Å². The number of pyridine rings is 1. The van der Waals surface area contributed by atoms with Gasteiger partial charge in [-0.25, -0.2) is 0 Å². The fourth-order valence-electron chi connectivity index (χ4n) is 2.68. The normalized spacial score (nSPS) is 17.2. The minimum absolute atomic E-state index is 0.0992. The maximum atomic E-state index is 12.5. The highest BCUT2D eigenvalue weighted by molar-refractivity contribution is 5.30. The van der Waals surface area contributed by atoms with Crippen LogP contribution < -0.4 is 10.9 Å².